The van der Waals surface area contributed by atoms with Gasteiger partial charge in [-0.2, -0.15) is 0 Å². The molecule has 0 aliphatic carbocycles. The fourth-order valence-corrected chi connectivity index (χ4v) is 1.75. The fraction of sp³-hybridized carbons (Fsp3) is 0.231. The standard InChI is InChI=1S/C13H14N2/c1-2-5-12(14)10-6-3-8-13-11(10)7-4-9-15-13/h3-4,6-9,14H,2,5H2,1H3. The first-order valence-corrected chi connectivity index (χ1v) is 5.24. The highest BCUT2D eigenvalue weighted by atomic mass is 14.6. The number of rotatable bonds is 3. The molecule has 2 rings (SSSR count). The van der Waals surface area contributed by atoms with E-state index in [9.17, 15) is 0 Å². The molecule has 0 aliphatic heterocycles. The first kappa shape index (κ1) is 9.84. The quantitative estimate of drug-likeness (QED) is 0.754. The fourth-order valence-electron chi connectivity index (χ4n) is 1.75. The predicted octanol–water partition coefficient (Wildman–Crippen LogP) is 3.40. The van der Waals surface area contributed by atoms with Crippen LogP contribution in [-0.4, -0.2) is 10.7 Å². The van der Waals surface area contributed by atoms with Crippen LogP contribution in [0.3, 0.4) is 0 Å². The van der Waals surface area contributed by atoms with Crippen LogP contribution in [-0.2, 0) is 0 Å². The Morgan fingerprint density at radius 2 is 2.13 bits per heavy atom. The van der Waals surface area contributed by atoms with Crippen molar-refractivity contribution in [1.82, 2.24) is 4.98 Å². The highest BCUT2D eigenvalue weighted by Gasteiger charge is 2.05. The molecule has 2 aromatic rings. The molecule has 1 aromatic heterocycles. The molecule has 1 heterocycles. The first-order chi connectivity index (χ1) is 7.33. The van der Waals surface area contributed by atoms with Crippen LogP contribution in [0.15, 0.2) is 36.5 Å². The van der Waals surface area contributed by atoms with Crippen LogP contribution in [0.1, 0.15) is 25.3 Å². The topological polar surface area (TPSA) is 36.7 Å². The number of nitrogens with zero attached hydrogens (tertiary/aromatic N) is 1. The maximum absolute atomic E-state index is 7.98. The molecule has 2 heteroatoms. The summed E-state index contributed by atoms with van der Waals surface area (Å²) in [5.74, 6) is 0. The molecule has 0 saturated carbocycles. The molecule has 76 valence electrons. The van der Waals surface area contributed by atoms with Crippen molar-refractivity contribution in [2.24, 2.45) is 0 Å². The normalized spacial score (nSPS) is 10.5. The molecule has 0 radical (unpaired) electrons. The number of pyridine rings is 1. The van der Waals surface area contributed by atoms with Gasteiger partial charge in [0.15, 0.2) is 0 Å². The van der Waals surface area contributed by atoms with Crippen molar-refractivity contribution >= 4 is 16.6 Å². The average molecular weight is 198 g/mol. The molecule has 15 heavy (non-hydrogen) atoms. The second-order valence-electron chi connectivity index (χ2n) is 3.60. The van der Waals surface area contributed by atoms with Crippen molar-refractivity contribution < 1.29 is 0 Å². The monoisotopic (exact) mass is 198 g/mol. The highest BCUT2D eigenvalue weighted by molar-refractivity contribution is 6.08. The van der Waals surface area contributed by atoms with E-state index < -0.39 is 0 Å². The van der Waals surface area contributed by atoms with E-state index in [1.807, 2.05) is 30.3 Å². The summed E-state index contributed by atoms with van der Waals surface area (Å²) in [7, 11) is 0. The summed E-state index contributed by atoms with van der Waals surface area (Å²) in [4.78, 5) is 4.29. The minimum Gasteiger partial charge on any atom is -0.305 e. The van der Waals surface area contributed by atoms with Crippen LogP contribution >= 0.6 is 0 Å². The smallest absolute Gasteiger partial charge is 0.0708 e. The average Bonchev–Trinajstić information content (AvgIpc) is 2.28. The number of hydrogen-bond acceptors (Lipinski definition) is 2. The van der Waals surface area contributed by atoms with Gasteiger partial charge in [-0.3, -0.25) is 4.98 Å². The third-order valence-corrected chi connectivity index (χ3v) is 2.47. The summed E-state index contributed by atoms with van der Waals surface area (Å²) in [6.07, 6.45) is 3.62. The van der Waals surface area contributed by atoms with Gasteiger partial charge < -0.3 is 5.41 Å². The van der Waals surface area contributed by atoms with Crippen molar-refractivity contribution in [3.63, 3.8) is 0 Å². The zero-order chi connectivity index (χ0) is 10.7. The van der Waals surface area contributed by atoms with E-state index in [0.717, 1.165) is 29.3 Å². The van der Waals surface area contributed by atoms with Gasteiger partial charge in [0.1, 0.15) is 0 Å². The second-order valence-corrected chi connectivity index (χ2v) is 3.60. The van der Waals surface area contributed by atoms with Crippen molar-refractivity contribution in [3.05, 3.63) is 42.1 Å². The third kappa shape index (κ3) is 1.89. The molecule has 0 bridgehead atoms. The van der Waals surface area contributed by atoms with Gasteiger partial charge in [-0.05, 0) is 18.6 Å². The second kappa shape index (κ2) is 4.22. The van der Waals surface area contributed by atoms with Crippen molar-refractivity contribution in [1.29, 1.82) is 5.41 Å². The van der Waals surface area contributed by atoms with Gasteiger partial charge in [-0.1, -0.05) is 31.5 Å². The Kier molecular flexibility index (Phi) is 2.77. The van der Waals surface area contributed by atoms with Crippen molar-refractivity contribution in [2.75, 3.05) is 0 Å². The molecule has 2 nitrogen and oxygen atoms in total. The predicted molar refractivity (Wildman–Crippen MR) is 63.5 cm³/mol. The van der Waals surface area contributed by atoms with E-state index in [4.69, 9.17) is 5.41 Å². The maximum Gasteiger partial charge on any atom is 0.0708 e. The lowest BCUT2D eigenvalue weighted by Gasteiger charge is -2.06. The van der Waals surface area contributed by atoms with Crippen LogP contribution in [0.25, 0.3) is 10.9 Å². The van der Waals surface area contributed by atoms with Gasteiger partial charge in [0.25, 0.3) is 0 Å². The van der Waals surface area contributed by atoms with Gasteiger partial charge in [0.2, 0.25) is 0 Å². The van der Waals surface area contributed by atoms with E-state index >= 15 is 0 Å². The lowest BCUT2D eigenvalue weighted by molar-refractivity contribution is 0.987. The van der Waals surface area contributed by atoms with Gasteiger partial charge in [0.05, 0.1) is 5.52 Å². The van der Waals surface area contributed by atoms with E-state index in [-0.39, 0.29) is 0 Å². The summed E-state index contributed by atoms with van der Waals surface area (Å²) in [6, 6.07) is 9.90. The molecule has 0 saturated heterocycles. The lowest BCUT2D eigenvalue weighted by atomic mass is 10.0. The summed E-state index contributed by atoms with van der Waals surface area (Å²) >= 11 is 0. The first-order valence-electron chi connectivity index (χ1n) is 5.24. The third-order valence-electron chi connectivity index (χ3n) is 2.47. The number of fused-ring (bicyclic) bond motifs is 1. The number of nitrogens with one attached hydrogen (secondary N) is 1. The van der Waals surface area contributed by atoms with E-state index in [1.54, 1.807) is 6.20 Å². The Labute approximate surface area is 89.5 Å². The van der Waals surface area contributed by atoms with Crippen LogP contribution in [0.2, 0.25) is 0 Å². The highest BCUT2D eigenvalue weighted by Crippen LogP contribution is 2.18. The Balaban J connectivity index is 2.56. The van der Waals surface area contributed by atoms with E-state index in [1.165, 1.54) is 0 Å². The van der Waals surface area contributed by atoms with Crippen molar-refractivity contribution in [2.45, 2.75) is 19.8 Å². The Bertz CT molecular complexity index is 483. The molecule has 1 N–H and O–H groups in total. The summed E-state index contributed by atoms with van der Waals surface area (Å²) < 4.78 is 0. The molecule has 0 amide bonds. The Morgan fingerprint density at radius 3 is 2.93 bits per heavy atom. The largest absolute Gasteiger partial charge is 0.305 e. The molecule has 0 aliphatic rings. The number of benzene rings is 1. The lowest BCUT2D eigenvalue weighted by Crippen LogP contribution is -1.99. The molecule has 0 atom stereocenters. The van der Waals surface area contributed by atoms with Crippen LogP contribution in [0, 0.1) is 5.41 Å². The Hall–Kier alpha value is -1.70. The van der Waals surface area contributed by atoms with Crippen LogP contribution in [0.4, 0.5) is 0 Å². The minimum absolute atomic E-state index is 0.705. The zero-order valence-corrected chi connectivity index (χ0v) is 8.83. The van der Waals surface area contributed by atoms with E-state index in [2.05, 4.69) is 11.9 Å². The summed E-state index contributed by atoms with van der Waals surface area (Å²) in [6.45, 7) is 2.10. The van der Waals surface area contributed by atoms with Gasteiger partial charge >= 0.3 is 0 Å². The van der Waals surface area contributed by atoms with Crippen molar-refractivity contribution in [3.8, 4) is 0 Å². The molecule has 0 fully saturated rings. The maximum atomic E-state index is 7.98. The SMILES string of the molecule is CCCC(=N)c1cccc2ncccc12. The summed E-state index contributed by atoms with van der Waals surface area (Å²) in [5, 5.41) is 9.07. The van der Waals surface area contributed by atoms with Gasteiger partial charge in [-0.25, -0.2) is 0 Å². The Morgan fingerprint density at radius 1 is 1.27 bits per heavy atom. The van der Waals surface area contributed by atoms with Crippen LogP contribution in [0.5, 0.6) is 0 Å². The van der Waals surface area contributed by atoms with Gasteiger partial charge in [-0.15, -0.1) is 0 Å². The minimum atomic E-state index is 0.705. The molecular weight excluding hydrogens is 184 g/mol. The van der Waals surface area contributed by atoms with Crippen LogP contribution < -0.4 is 0 Å². The molecule has 0 unspecified atom stereocenters. The molecule has 1 aromatic carbocycles. The molecule has 0 spiro atoms. The zero-order valence-electron chi connectivity index (χ0n) is 8.83. The van der Waals surface area contributed by atoms with E-state index in [0.29, 0.717) is 5.71 Å². The number of aromatic nitrogens is 1. The number of hydrogen-bond donors (Lipinski definition) is 1. The summed E-state index contributed by atoms with van der Waals surface area (Å²) in [5.41, 5.74) is 2.69. The molecular formula is C13H14N2. The van der Waals surface area contributed by atoms with Gasteiger partial charge in [0, 0.05) is 22.9 Å².